The SMILES string of the molecule is O=[N+]([O-])c1cc(Cl)c(Oc2ccc3c(c2)CCN(c2ccccn2)C3)c(Cl)c1. The molecule has 0 atom stereocenters. The lowest BCUT2D eigenvalue weighted by atomic mass is 9.99. The highest BCUT2D eigenvalue weighted by Gasteiger charge is 2.20. The quantitative estimate of drug-likeness (QED) is 0.406. The van der Waals surface area contributed by atoms with Crippen LogP contribution >= 0.6 is 23.2 Å². The molecule has 1 aliphatic rings. The second-order valence-electron chi connectivity index (χ2n) is 6.39. The van der Waals surface area contributed by atoms with E-state index in [0.29, 0.717) is 5.75 Å². The summed E-state index contributed by atoms with van der Waals surface area (Å²) < 4.78 is 5.84. The Morgan fingerprint density at radius 2 is 1.86 bits per heavy atom. The maximum Gasteiger partial charge on any atom is 0.272 e. The van der Waals surface area contributed by atoms with Crippen molar-refractivity contribution in [1.29, 1.82) is 0 Å². The molecular weight excluding hydrogens is 401 g/mol. The van der Waals surface area contributed by atoms with Crippen LogP contribution in [0.4, 0.5) is 11.5 Å². The van der Waals surface area contributed by atoms with E-state index in [1.807, 2.05) is 36.4 Å². The van der Waals surface area contributed by atoms with Crippen LogP contribution in [0.2, 0.25) is 10.0 Å². The first-order valence-electron chi connectivity index (χ1n) is 8.60. The third-order valence-electron chi connectivity index (χ3n) is 4.58. The first kappa shape index (κ1) is 18.5. The second kappa shape index (κ2) is 7.66. The van der Waals surface area contributed by atoms with Gasteiger partial charge in [0.15, 0.2) is 5.75 Å². The van der Waals surface area contributed by atoms with Gasteiger partial charge in [-0.1, -0.05) is 35.3 Å². The highest BCUT2D eigenvalue weighted by Crippen LogP contribution is 2.40. The number of hydrogen-bond acceptors (Lipinski definition) is 5. The van der Waals surface area contributed by atoms with Crippen LogP contribution in [0.1, 0.15) is 11.1 Å². The fourth-order valence-electron chi connectivity index (χ4n) is 3.20. The highest BCUT2D eigenvalue weighted by molar-refractivity contribution is 6.37. The molecule has 6 nitrogen and oxygen atoms in total. The Labute approximate surface area is 171 Å². The summed E-state index contributed by atoms with van der Waals surface area (Å²) in [6.07, 6.45) is 2.64. The highest BCUT2D eigenvalue weighted by atomic mass is 35.5. The Bertz CT molecular complexity index is 1020. The summed E-state index contributed by atoms with van der Waals surface area (Å²) in [7, 11) is 0. The van der Waals surface area contributed by atoms with Crippen molar-refractivity contribution in [1.82, 2.24) is 4.98 Å². The Hall–Kier alpha value is -2.83. The van der Waals surface area contributed by atoms with E-state index in [1.54, 1.807) is 6.20 Å². The summed E-state index contributed by atoms with van der Waals surface area (Å²) in [5.74, 6) is 1.75. The van der Waals surface area contributed by atoms with Crippen LogP contribution in [-0.4, -0.2) is 16.5 Å². The fourth-order valence-corrected chi connectivity index (χ4v) is 3.75. The van der Waals surface area contributed by atoms with Crippen molar-refractivity contribution in [3.05, 3.63) is 86.0 Å². The number of fused-ring (bicyclic) bond motifs is 1. The van der Waals surface area contributed by atoms with Crippen molar-refractivity contribution >= 4 is 34.7 Å². The van der Waals surface area contributed by atoms with Crippen LogP contribution in [0.5, 0.6) is 11.5 Å². The maximum atomic E-state index is 10.9. The van der Waals surface area contributed by atoms with Crippen molar-refractivity contribution in [3.8, 4) is 11.5 Å². The number of nitro benzene ring substituents is 1. The average molecular weight is 416 g/mol. The van der Waals surface area contributed by atoms with Gasteiger partial charge in [-0.3, -0.25) is 10.1 Å². The molecule has 0 fully saturated rings. The van der Waals surface area contributed by atoms with Gasteiger partial charge in [0, 0.05) is 31.4 Å². The van der Waals surface area contributed by atoms with E-state index in [2.05, 4.69) is 9.88 Å². The summed E-state index contributed by atoms with van der Waals surface area (Å²) in [4.78, 5) is 17.0. The normalized spacial score (nSPS) is 13.1. The maximum absolute atomic E-state index is 10.9. The van der Waals surface area contributed by atoms with Crippen LogP contribution in [0.25, 0.3) is 0 Å². The number of hydrogen-bond donors (Lipinski definition) is 0. The van der Waals surface area contributed by atoms with E-state index in [0.717, 1.165) is 25.3 Å². The van der Waals surface area contributed by atoms with Gasteiger partial charge in [-0.2, -0.15) is 0 Å². The van der Waals surface area contributed by atoms with Gasteiger partial charge in [-0.05, 0) is 41.8 Å². The number of pyridine rings is 1. The zero-order chi connectivity index (χ0) is 19.7. The molecule has 4 rings (SSSR count). The molecule has 142 valence electrons. The van der Waals surface area contributed by atoms with Gasteiger partial charge >= 0.3 is 0 Å². The van der Waals surface area contributed by atoms with Crippen molar-refractivity contribution in [2.24, 2.45) is 0 Å². The third-order valence-corrected chi connectivity index (χ3v) is 5.14. The van der Waals surface area contributed by atoms with E-state index in [-0.39, 0.29) is 21.5 Å². The van der Waals surface area contributed by atoms with Crippen LogP contribution in [0.15, 0.2) is 54.7 Å². The van der Waals surface area contributed by atoms with Gasteiger partial charge < -0.3 is 9.64 Å². The molecule has 0 amide bonds. The monoisotopic (exact) mass is 415 g/mol. The van der Waals surface area contributed by atoms with E-state index in [1.165, 1.54) is 23.3 Å². The minimum atomic E-state index is -0.548. The number of non-ortho nitro benzene ring substituents is 1. The molecule has 0 bridgehead atoms. The number of halogens is 2. The molecule has 1 aliphatic heterocycles. The molecule has 2 heterocycles. The number of nitro groups is 1. The first-order chi connectivity index (χ1) is 13.5. The minimum absolute atomic E-state index is 0.0956. The van der Waals surface area contributed by atoms with Crippen molar-refractivity contribution in [2.45, 2.75) is 13.0 Å². The molecule has 0 saturated heterocycles. The summed E-state index contributed by atoms with van der Waals surface area (Å²) in [6, 6.07) is 14.1. The molecular formula is C20H15Cl2N3O3. The molecule has 28 heavy (non-hydrogen) atoms. The summed E-state index contributed by atoms with van der Waals surface area (Å²) in [5, 5.41) is 11.1. The number of benzene rings is 2. The third kappa shape index (κ3) is 3.74. The number of rotatable bonds is 4. The largest absolute Gasteiger partial charge is 0.454 e. The molecule has 0 N–H and O–H groups in total. The predicted octanol–water partition coefficient (Wildman–Crippen LogP) is 5.65. The van der Waals surface area contributed by atoms with E-state index in [4.69, 9.17) is 27.9 Å². The van der Waals surface area contributed by atoms with E-state index < -0.39 is 4.92 Å². The van der Waals surface area contributed by atoms with Crippen LogP contribution in [0, 0.1) is 10.1 Å². The van der Waals surface area contributed by atoms with Gasteiger partial charge in [-0.25, -0.2) is 4.98 Å². The summed E-state index contributed by atoms with van der Waals surface area (Å²) in [5.41, 5.74) is 2.20. The molecule has 8 heteroatoms. The number of anilines is 1. The number of nitrogens with zero attached hydrogens (tertiary/aromatic N) is 3. The Kier molecular flexibility index (Phi) is 5.07. The lowest BCUT2D eigenvalue weighted by Gasteiger charge is -2.30. The topological polar surface area (TPSA) is 68.5 Å². The first-order valence-corrected chi connectivity index (χ1v) is 9.36. The van der Waals surface area contributed by atoms with Crippen LogP contribution < -0.4 is 9.64 Å². The van der Waals surface area contributed by atoms with Crippen molar-refractivity contribution < 1.29 is 9.66 Å². The predicted molar refractivity (Wildman–Crippen MR) is 109 cm³/mol. The molecule has 0 unspecified atom stereocenters. The molecule has 0 radical (unpaired) electrons. The molecule has 2 aromatic carbocycles. The smallest absolute Gasteiger partial charge is 0.272 e. The fraction of sp³-hybridized carbons (Fsp3) is 0.150. The lowest BCUT2D eigenvalue weighted by Crippen LogP contribution is -2.30. The van der Waals surface area contributed by atoms with Crippen molar-refractivity contribution in [3.63, 3.8) is 0 Å². The van der Waals surface area contributed by atoms with Gasteiger partial charge in [0.2, 0.25) is 0 Å². The second-order valence-corrected chi connectivity index (χ2v) is 7.20. The van der Waals surface area contributed by atoms with Gasteiger partial charge in [0.1, 0.15) is 11.6 Å². The Balaban J connectivity index is 1.56. The van der Waals surface area contributed by atoms with Crippen LogP contribution in [-0.2, 0) is 13.0 Å². The molecule has 3 aromatic rings. The number of ether oxygens (including phenoxy) is 1. The minimum Gasteiger partial charge on any atom is -0.454 e. The molecule has 0 aliphatic carbocycles. The number of aromatic nitrogens is 1. The summed E-state index contributed by atoms with van der Waals surface area (Å²) in [6.45, 7) is 1.62. The zero-order valence-electron chi connectivity index (χ0n) is 14.6. The average Bonchev–Trinajstić information content (AvgIpc) is 2.70. The molecule has 1 aromatic heterocycles. The standard InChI is InChI=1S/C20H15Cl2N3O3/c21-17-10-15(25(26)27)11-18(22)20(17)28-16-5-4-14-12-24(8-6-13(14)9-16)19-3-1-2-7-23-19/h1-5,7,9-11H,6,8,12H2. The summed E-state index contributed by atoms with van der Waals surface area (Å²) >= 11 is 12.3. The Morgan fingerprint density at radius 3 is 2.54 bits per heavy atom. The zero-order valence-corrected chi connectivity index (χ0v) is 16.2. The van der Waals surface area contributed by atoms with Crippen LogP contribution in [0.3, 0.4) is 0 Å². The van der Waals surface area contributed by atoms with E-state index in [9.17, 15) is 10.1 Å². The Morgan fingerprint density at radius 1 is 1.07 bits per heavy atom. The van der Waals surface area contributed by atoms with E-state index >= 15 is 0 Å². The van der Waals surface area contributed by atoms with Gasteiger partial charge in [0.05, 0.1) is 15.0 Å². The lowest BCUT2D eigenvalue weighted by molar-refractivity contribution is -0.384. The molecule has 0 saturated carbocycles. The van der Waals surface area contributed by atoms with Crippen molar-refractivity contribution in [2.75, 3.05) is 11.4 Å². The molecule has 0 spiro atoms. The van der Waals surface area contributed by atoms with Gasteiger partial charge in [0.25, 0.3) is 5.69 Å². The van der Waals surface area contributed by atoms with Gasteiger partial charge in [-0.15, -0.1) is 0 Å².